The van der Waals surface area contributed by atoms with Gasteiger partial charge in [0.1, 0.15) is 66.1 Å². The first-order valence-corrected chi connectivity index (χ1v) is 58.3. The summed E-state index contributed by atoms with van der Waals surface area (Å²) in [5, 5.41) is 53.9. The number of nitrogens with zero attached hydrogens (tertiary/aromatic N) is 14. The molecule has 0 atom stereocenters. The van der Waals surface area contributed by atoms with E-state index in [9.17, 15) is 38.4 Å². The summed E-state index contributed by atoms with van der Waals surface area (Å²) in [4.78, 5) is 136. The number of halogens is 1. The van der Waals surface area contributed by atoms with E-state index in [1.807, 2.05) is 0 Å². The van der Waals surface area contributed by atoms with Crippen molar-refractivity contribution in [1.29, 1.82) is 0 Å². The number of azide groups is 2. The number of carbonyl (C=O) groups excluding carboxylic acids is 7. The molecule has 15 heterocycles. The number of aldehydes is 1. The molecule has 4 saturated heterocycles. The predicted molar refractivity (Wildman–Crippen MR) is 577 cm³/mol. The second-order valence-electron chi connectivity index (χ2n) is 28.5. The number of carboxylic acids is 1. The fraction of sp³-hybridized carbons (Fsp3) is 0.535. The first kappa shape index (κ1) is 155. The van der Waals surface area contributed by atoms with Crippen LogP contribution in [0, 0.1) is 0 Å². The Balaban J connectivity index is -0.000000210. The number of methoxy groups -OCH3 is 8. The Bertz CT molecular complexity index is 5530. The van der Waals surface area contributed by atoms with E-state index in [0.29, 0.717) is 130 Å². The number of aliphatic hydroxyl groups is 2. The number of aromatic nitrogens is 11. The first-order chi connectivity index (χ1) is 69.1. The van der Waals surface area contributed by atoms with Crippen LogP contribution in [0.25, 0.3) is 58.0 Å². The maximum atomic E-state index is 12.3. The van der Waals surface area contributed by atoms with Gasteiger partial charge in [0.25, 0.3) is 42.3 Å². The summed E-state index contributed by atoms with van der Waals surface area (Å²) in [7, 11) is 12.1. The molecule has 827 valence electrons. The van der Waals surface area contributed by atoms with Crippen molar-refractivity contribution in [3.05, 3.63) is 121 Å². The Morgan fingerprint density at radius 2 is 0.967 bits per heavy atom. The summed E-state index contributed by atoms with van der Waals surface area (Å²) in [5.41, 5.74) is 27.2. The average Bonchev–Trinajstić information content (AvgIpc) is 1.67. The standard InChI is InChI=1S/C14H21N3O2SSi.C9H10N4O3S.C9H10N2O3S.C7H6N2O3S.C7H17NSi.C6H6BrNO2S.C6H7NO3S.C5H7NO2S.C5H5NO2S.C4H7N3O2.2C4H8O.C2H6.CH4O.CH3O.2CH4.Al.2Li.Mn.Na.H2O.2O.4H/c1-19-14-17-11-8-10(16-13(11)20-14)12(18)15-9-4-6-21(2,3)7-5-9;1-3-16-8(14)7(12-13-10)4-6-5-17-9(11-6)15-2;1-3-14-8(12)6-4-5-7(10-6)15-9(11-5)13-2;1-12-7-9-3-2-4(6(10)11)8-5(3)13-7;1-9(2)5-3-7(8)4-6-9;1-2-10-5(9)4-3-11-6(7)8-4;1-9-5(8)4-3-11-6(7-4)10-2;2*1-8-5-6-4(2-7)3-9-5;1-2-9-4(8)3-6-7-5;2*1-2-4-5-3-1;3*1-2;;;;;;;;;;;;;;/h8-9,16H,4-7H2,1-3H3,(H,15,18);4-5H,3H2,1-2H3;4,10H,3H2,1-2H3;2,8H,1H3,(H,10,11);7H,3-6,8H2,1-2H3;3H,2H2,1H3;3H,1-2H3;3,7H,2H2,1H3;2-3H,1H3;2-3H2,1H3;2*1-4H2;1-2H3;2H,1H3;1H3;2*1H4;;;;;;1H2;;;;;;/q;;;;;;;;;;;;;;-1;;;;2*+1;;+1;;;;;;;-1/p-1/b;7-4-;;;;;;;;;;;;;;;;;;;;;;;;;;;/i;;;;;;;;;;;;1D;;;;;;;;;;;;;;;;. The second-order valence-corrected chi connectivity index (χ2v) is 47.6. The molecule has 4 fully saturated rings. The van der Waals surface area contributed by atoms with Gasteiger partial charge in [0.2, 0.25) is 0 Å². The van der Waals surface area contributed by atoms with E-state index >= 15 is 0 Å². The number of rotatable bonds is 24. The van der Waals surface area contributed by atoms with Crippen molar-refractivity contribution in [2.75, 3.05) is 130 Å². The van der Waals surface area contributed by atoms with Gasteiger partial charge in [-0.05, 0) is 130 Å². The summed E-state index contributed by atoms with van der Waals surface area (Å²) >= 11 is 12.4. The molecule has 4 aliphatic rings. The Kier molecular flexibility index (Phi) is 97.7. The quantitative estimate of drug-likeness (QED) is 0.00414. The molecule has 0 spiro atoms. The monoisotopic (exact) mass is 2410 g/mol. The van der Waals surface area contributed by atoms with Gasteiger partial charge in [0.15, 0.2) is 39.0 Å². The molecule has 0 aromatic carbocycles. The fourth-order valence-corrected chi connectivity index (χ4v) is 21.4. The van der Waals surface area contributed by atoms with Crippen LogP contribution >= 0.6 is 107 Å². The molecule has 0 unspecified atom stereocenters. The number of nitrogens with two attached hydrogens (primary N) is 1. The predicted octanol–water partition coefficient (Wildman–Crippen LogP) is 8.05. The SMILES string of the molecule is C.C.C1CCOC1.C1CCOC1.CCOC(=O)/C(=C/c1csc(OC)n1)N=[N+]=[N-].CCOC(=O)CN=[N+]=[N-].CCOC(=O)c1cc2nc(OC)sc2[nH]1.CCOC(=O)c1csc(Br)n1.CO.COC(=O)c1csc(OC)n1.COc1nc(C=O)cs1.COc1nc(CO)cs1.COc1nc2cc(C(=O)NC3CC[Si](C)(C)CC3)[nH]c2s1.COc1nc2cc(C(=O)O)[nH]c2s1.C[O-].C[Si]1(C)CCC(N)CC1.[2H]CC.[AlH3].[H-].[Li+].[Li+].[Na+].[OH-].[O]=[Mn]=[O]. The van der Waals surface area contributed by atoms with E-state index in [1.54, 1.807) is 95.0 Å². The van der Waals surface area contributed by atoms with Crippen molar-refractivity contribution in [3.63, 3.8) is 0 Å². The molecule has 0 aliphatic carbocycles. The van der Waals surface area contributed by atoms with Gasteiger partial charge < -0.3 is 120 Å². The number of thiazole rings is 8. The van der Waals surface area contributed by atoms with Crippen LogP contribution in [0.5, 0.6) is 36.4 Å². The number of amides is 1. The molecular weight excluding hydrogens is 2270 g/mol. The number of hydrogen-bond acceptors (Lipinski definition) is 47. The normalized spacial score (nSPS) is 12.3. The Morgan fingerprint density at radius 1 is 0.587 bits per heavy atom. The molecule has 15 rings (SSSR count). The molecule has 48 nitrogen and oxygen atoms in total. The Morgan fingerprint density at radius 3 is 1.31 bits per heavy atom. The molecule has 150 heavy (non-hydrogen) atoms. The van der Waals surface area contributed by atoms with E-state index in [2.05, 4.69) is 132 Å². The van der Waals surface area contributed by atoms with E-state index in [0.717, 1.165) is 74.2 Å². The van der Waals surface area contributed by atoms with Crippen LogP contribution in [0.15, 0.2) is 64.9 Å². The van der Waals surface area contributed by atoms with Crippen molar-refractivity contribution in [1.82, 2.24) is 60.1 Å². The van der Waals surface area contributed by atoms with Crippen molar-refractivity contribution in [2.24, 2.45) is 16.0 Å². The number of H-pyrrole nitrogens is 3. The van der Waals surface area contributed by atoms with E-state index in [4.69, 9.17) is 103 Å². The van der Waals surface area contributed by atoms with E-state index in [-0.39, 0.29) is 161 Å². The summed E-state index contributed by atoms with van der Waals surface area (Å²) in [6.45, 7) is 24.0. The molecule has 0 bridgehead atoms. The van der Waals surface area contributed by atoms with Gasteiger partial charge in [-0.25, -0.2) is 58.9 Å². The molecule has 0 radical (unpaired) electrons. The zero-order chi connectivity index (χ0) is 108. The summed E-state index contributed by atoms with van der Waals surface area (Å²) in [6.07, 6.45) is 12.0. The third kappa shape index (κ3) is 66.3. The maximum absolute atomic E-state index is 12.3. The van der Waals surface area contributed by atoms with Gasteiger partial charge in [-0.15, -0.1) is 11.3 Å². The second kappa shape index (κ2) is 94.6. The third-order valence-corrected chi connectivity index (χ3v) is 31.6. The van der Waals surface area contributed by atoms with Crippen LogP contribution in [0.3, 0.4) is 0 Å². The number of esters is 5. The minimum atomic E-state index is -1.44. The first-order valence-electron chi connectivity index (χ1n) is 43.6. The average molecular weight is 2410 g/mol. The Hall–Kier alpha value is -7.94. The summed E-state index contributed by atoms with van der Waals surface area (Å²) < 4.78 is 91.0. The zero-order valence-corrected chi connectivity index (χ0v) is 99.3. The summed E-state index contributed by atoms with van der Waals surface area (Å²) in [5.74, 6) is -3.34. The number of aromatic carboxylic acids is 1. The summed E-state index contributed by atoms with van der Waals surface area (Å²) in [6, 6.07) is 11.3. The number of aromatic amines is 3. The molecule has 0 saturated carbocycles. The van der Waals surface area contributed by atoms with Gasteiger partial charge in [-0.2, -0.15) is 12.1 Å². The topological polar surface area (TPSA) is 700 Å². The van der Waals surface area contributed by atoms with Crippen LogP contribution < -0.4 is 117 Å². The molecule has 10 N–H and O–H groups in total. The zero-order valence-electron chi connectivity index (χ0n) is 88.0. The van der Waals surface area contributed by atoms with Gasteiger partial charge in [0.05, 0.1) is 101 Å². The number of carboxylic acid groups (broad SMARTS) is 1. The Labute approximate surface area is 979 Å². The molecule has 64 heteroatoms. The van der Waals surface area contributed by atoms with Crippen molar-refractivity contribution in [3.8, 4) is 36.4 Å². The molecule has 4 aliphatic heterocycles. The van der Waals surface area contributed by atoms with Gasteiger partial charge in [0, 0.05) is 99.9 Å². The van der Waals surface area contributed by atoms with Crippen LogP contribution in [0.2, 0.25) is 50.4 Å². The third-order valence-electron chi connectivity index (χ3n) is 17.5. The van der Waals surface area contributed by atoms with E-state index in [1.165, 1.54) is 201 Å². The number of hydrogen-bond donors (Lipinski definition) is 8. The van der Waals surface area contributed by atoms with Crippen LogP contribution in [0.1, 0.15) is 185 Å². The van der Waals surface area contributed by atoms with Crippen LogP contribution in [0.4, 0.5) is 0 Å². The number of nitrogens with one attached hydrogen (secondary N) is 4. The van der Waals surface area contributed by atoms with E-state index < -0.39 is 54.8 Å². The molecule has 11 aromatic heterocycles. The van der Waals surface area contributed by atoms with Crippen molar-refractivity contribution in [2.45, 2.75) is 177 Å². The molecule has 11 aromatic rings. The number of aliphatic hydroxyl groups excluding tert-OH is 2. The number of ether oxygens (including phenoxy) is 14. The van der Waals surface area contributed by atoms with Crippen LogP contribution in [-0.2, 0) is 71.8 Å². The van der Waals surface area contributed by atoms with Crippen molar-refractivity contribution >= 4 is 225 Å². The minimum absolute atomic E-state index is 0. The number of fused-ring (bicyclic) bond motifs is 3. The van der Waals surface area contributed by atoms with Crippen LogP contribution in [-0.4, -0.2) is 300 Å². The molecular formula is C86H138AlBrLi2MnN19NaO29S8Si2. The fourth-order valence-electron chi connectivity index (χ4n) is 10.7. The van der Waals surface area contributed by atoms with Crippen molar-refractivity contribution < 1.29 is 223 Å². The number of carbonyl (C=O) groups is 8. The van der Waals surface area contributed by atoms with Gasteiger partial charge >= 0.3 is 126 Å². The molecule has 1 amide bonds. The van der Waals surface area contributed by atoms with Gasteiger partial charge in [-0.1, -0.05) is 169 Å². The van der Waals surface area contributed by atoms with Gasteiger partial charge in [-0.3, -0.25) is 14.4 Å².